The van der Waals surface area contributed by atoms with Gasteiger partial charge in [0.1, 0.15) is 0 Å². The maximum atomic E-state index is 13.1. The van der Waals surface area contributed by atoms with E-state index in [-0.39, 0.29) is 0 Å². The lowest BCUT2D eigenvalue weighted by Gasteiger charge is -2.16. The second-order valence-corrected chi connectivity index (χ2v) is 6.74. The molecule has 2 rings (SSSR count). The summed E-state index contributed by atoms with van der Waals surface area (Å²) in [6, 6.07) is 11.6. The minimum Gasteiger partial charge on any atom is -0.325 e. The van der Waals surface area contributed by atoms with Gasteiger partial charge in [-0.05, 0) is 18.6 Å². The fraction of sp³-hybridized carbons (Fsp3) is 0.235. The number of amides is 1. The van der Waals surface area contributed by atoms with Gasteiger partial charge in [0, 0.05) is 17.9 Å². The number of thioether (sulfide) groups is 1. The number of nitro groups is 1. The Balaban J connectivity index is 2.11. The number of anilines is 1. The van der Waals surface area contributed by atoms with E-state index < -0.39 is 39.2 Å². The molecule has 9 heteroatoms. The van der Waals surface area contributed by atoms with Crippen LogP contribution >= 0.6 is 11.8 Å². The number of rotatable bonds is 6. The number of nitrogens with zero attached hydrogens (tertiary/aromatic N) is 1. The van der Waals surface area contributed by atoms with Crippen LogP contribution in [0.2, 0.25) is 0 Å². The average Bonchev–Trinajstić information content (AvgIpc) is 2.59. The highest BCUT2D eigenvalue weighted by Crippen LogP contribution is 2.37. The SMILES string of the molecule is CC(SCc1ccccc1)C(=O)Nc1ccc([N+](=O)[O-])cc1C(F)(F)F. The summed E-state index contributed by atoms with van der Waals surface area (Å²) in [6.07, 6.45) is -4.82. The zero-order valence-electron chi connectivity index (χ0n) is 13.6. The number of nitrogens with one attached hydrogen (secondary N) is 1. The largest absolute Gasteiger partial charge is 0.418 e. The first-order valence-corrected chi connectivity index (χ1v) is 8.55. The minimum atomic E-state index is -4.82. The molecule has 0 radical (unpaired) electrons. The highest BCUT2D eigenvalue weighted by molar-refractivity contribution is 7.99. The molecular formula is C17H15F3N2O3S. The van der Waals surface area contributed by atoms with E-state index >= 15 is 0 Å². The normalized spacial score (nSPS) is 12.5. The summed E-state index contributed by atoms with van der Waals surface area (Å²) in [4.78, 5) is 22.0. The Hall–Kier alpha value is -2.55. The quantitative estimate of drug-likeness (QED) is 0.569. The van der Waals surface area contributed by atoms with Crippen LogP contribution in [-0.2, 0) is 16.7 Å². The van der Waals surface area contributed by atoms with Crippen LogP contribution in [0, 0.1) is 10.1 Å². The third-order valence-electron chi connectivity index (χ3n) is 3.49. The van der Waals surface area contributed by atoms with E-state index in [1.165, 1.54) is 11.8 Å². The lowest BCUT2D eigenvalue weighted by Crippen LogP contribution is -2.24. The molecule has 5 nitrogen and oxygen atoms in total. The molecule has 0 aliphatic rings. The fourth-order valence-corrected chi connectivity index (χ4v) is 2.94. The third-order valence-corrected chi connectivity index (χ3v) is 4.70. The topological polar surface area (TPSA) is 72.2 Å². The second kappa shape index (κ2) is 8.22. The van der Waals surface area contributed by atoms with Gasteiger partial charge in [-0.1, -0.05) is 30.3 Å². The van der Waals surface area contributed by atoms with Crippen molar-refractivity contribution in [2.45, 2.75) is 24.1 Å². The predicted octanol–water partition coefficient (Wildman–Crippen LogP) is 4.87. The van der Waals surface area contributed by atoms with Crippen molar-refractivity contribution in [3.05, 3.63) is 69.8 Å². The highest BCUT2D eigenvalue weighted by atomic mass is 32.2. The molecule has 1 atom stereocenters. The van der Waals surface area contributed by atoms with E-state index in [9.17, 15) is 28.1 Å². The van der Waals surface area contributed by atoms with Gasteiger partial charge in [-0.15, -0.1) is 11.8 Å². The van der Waals surface area contributed by atoms with Crippen LogP contribution in [0.5, 0.6) is 0 Å². The van der Waals surface area contributed by atoms with E-state index in [2.05, 4.69) is 5.32 Å². The van der Waals surface area contributed by atoms with Gasteiger partial charge in [0.05, 0.1) is 21.4 Å². The van der Waals surface area contributed by atoms with Gasteiger partial charge in [-0.25, -0.2) is 0 Å². The number of nitro benzene ring substituents is 1. The Morgan fingerprint density at radius 2 is 1.88 bits per heavy atom. The molecular weight excluding hydrogens is 369 g/mol. The van der Waals surface area contributed by atoms with E-state index in [1.54, 1.807) is 6.92 Å². The van der Waals surface area contributed by atoms with E-state index in [4.69, 9.17) is 0 Å². The number of non-ortho nitro benzene ring substituents is 1. The van der Waals surface area contributed by atoms with Crippen molar-refractivity contribution < 1.29 is 22.9 Å². The first-order chi connectivity index (χ1) is 12.2. The Morgan fingerprint density at radius 3 is 2.46 bits per heavy atom. The number of benzene rings is 2. The molecule has 0 saturated heterocycles. The van der Waals surface area contributed by atoms with Crippen molar-refractivity contribution in [1.82, 2.24) is 0 Å². The molecule has 138 valence electrons. The molecule has 0 spiro atoms. The van der Waals surface area contributed by atoms with Crippen LogP contribution < -0.4 is 5.32 Å². The summed E-state index contributed by atoms with van der Waals surface area (Å²) in [5, 5.41) is 12.3. The summed E-state index contributed by atoms with van der Waals surface area (Å²) >= 11 is 1.28. The smallest absolute Gasteiger partial charge is 0.325 e. The van der Waals surface area contributed by atoms with Crippen molar-refractivity contribution in [2.24, 2.45) is 0 Å². The molecule has 0 heterocycles. The van der Waals surface area contributed by atoms with Gasteiger partial charge in [-0.2, -0.15) is 13.2 Å². The van der Waals surface area contributed by atoms with Crippen LogP contribution in [-0.4, -0.2) is 16.1 Å². The fourth-order valence-electron chi connectivity index (χ4n) is 2.09. The van der Waals surface area contributed by atoms with Gasteiger partial charge in [0.15, 0.2) is 0 Å². The first kappa shape index (κ1) is 19.8. The van der Waals surface area contributed by atoms with Crippen LogP contribution in [0.15, 0.2) is 48.5 Å². The Morgan fingerprint density at radius 1 is 1.23 bits per heavy atom. The van der Waals surface area contributed by atoms with Gasteiger partial charge >= 0.3 is 6.18 Å². The van der Waals surface area contributed by atoms with Gasteiger partial charge in [0.25, 0.3) is 5.69 Å². The second-order valence-electron chi connectivity index (χ2n) is 5.41. The van der Waals surface area contributed by atoms with Gasteiger partial charge < -0.3 is 5.32 Å². The first-order valence-electron chi connectivity index (χ1n) is 7.50. The molecule has 1 amide bonds. The van der Waals surface area contributed by atoms with Crippen LogP contribution in [0.25, 0.3) is 0 Å². The van der Waals surface area contributed by atoms with Crippen molar-refractivity contribution in [1.29, 1.82) is 0 Å². The predicted molar refractivity (Wildman–Crippen MR) is 93.9 cm³/mol. The number of hydrogen-bond donors (Lipinski definition) is 1. The maximum Gasteiger partial charge on any atom is 0.418 e. The zero-order chi connectivity index (χ0) is 19.3. The lowest BCUT2D eigenvalue weighted by molar-refractivity contribution is -0.385. The monoisotopic (exact) mass is 384 g/mol. The van der Waals surface area contributed by atoms with Crippen LogP contribution in [0.4, 0.5) is 24.5 Å². The molecule has 2 aromatic carbocycles. The minimum absolute atomic E-state index is 0.414. The van der Waals surface area contributed by atoms with Crippen LogP contribution in [0.3, 0.4) is 0 Å². The summed E-state index contributed by atoms with van der Waals surface area (Å²) in [5.74, 6) is -0.0766. The van der Waals surface area contributed by atoms with E-state index in [0.717, 1.165) is 17.7 Å². The molecule has 0 saturated carbocycles. The molecule has 0 bridgehead atoms. The van der Waals surface area contributed by atoms with Crippen molar-refractivity contribution in [3.8, 4) is 0 Å². The molecule has 0 aliphatic carbocycles. The van der Waals surface area contributed by atoms with Crippen molar-refractivity contribution in [2.75, 3.05) is 5.32 Å². The number of hydrogen-bond acceptors (Lipinski definition) is 4. The lowest BCUT2D eigenvalue weighted by atomic mass is 10.1. The standard InChI is InChI=1S/C17H15F3N2O3S/c1-11(26-10-12-5-3-2-4-6-12)16(23)21-15-8-7-13(22(24)25)9-14(15)17(18,19)20/h2-9,11H,10H2,1H3,(H,21,23). The zero-order valence-corrected chi connectivity index (χ0v) is 14.4. The Labute approximate surface area is 151 Å². The molecule has 26 heavy (non-hydrogen) atoms. The number of carbonyl (C=O) groups is 1. The molecule has 2 aromatic rings. The molecule has 0 fully saturated rings. The number of alkyl halides is 3. The maximum absolute atomic E-state index is 13.1. The summed E-state index contributed by atoms with van der Waals surface area (Å²) in [6.45, 7) is 1.58. The molecule has 0 aliphatic heterocycles. The van der Waals surface area contributed by atoms with Crippen LogP contribution in [0.1, 0.15) is 18.1 Å². The summed E-state index contributed by atoms with van der Waals surface area (Å²) < 4.78 is 39.4. The van der Waals surface area contributed by atoms with Crippen molar-refractivity contribution >= 4 is 29.0 Å². The summed E-state index contributed by atoms with van der Waals surface area (Å²) in [7, 11) is 0. The Bertz CT molecular complexity index is 798. The molecule has 0 aromatic heterocycles. The van der Waals surface area contributed by atoms with E-state index in [1.807, 2.05) is 30.3 Å². The average molecular weight is 384 g/mol. The number of halogens is 3. The number of carbonyl (C=O) groups excluding carboxylic acids is 1. The third kappa shape index (κ3) is 5.22. The molecule has 1 unspecified atom stereocenters. The highest BCUT2D eigenvalue weighted by Gasteiger charge is 2.36. The molecule has 1 N–H and O–H groups in total. The van der Waals surface area contributed by atoms with Crippen molar-refractivity contribution in [3.63, 3.8) is 0 Å². The Kier molecular flexibility index (Phi) is 6.25. The van der Waals surface area contributed by atoms with Gasteiger partial charge in [0.2, 0.25) is 5.91 Å². The summed E-state index contributed by atoms with van der Waals surface area (Å²) in [5.41, 5.74) is -1.45. The van der Waals surface area contributed by atoms with E-state index in [0.29, 0.717) is 11.8 Å². The van der Waals surface area contributed by atoms with Gasteiger partial charge in [-0.3, -0.25) is 14.9 Å².